The van der Waals surface area contributed by atoms with E-state index in [-0.39, 0.29) is 24.0 Å². The smallest absolute Gasteiger partial charge is 0.191 e. The van der Waals surface area contributed by atoms with Crippen molar-refractivity contribution >= 4 is 29.9 Å². The molecular weight excluding hydrogens is 441 g/mol. The molecule has 0 radical (unpaired) electrons. The fourth-order valence-corrected chi connectivity index (χ4v) is 2.28. The summed E-state index contributed by atoms with van der Waals surface area (Å²) in [4.78, 5) is 17.3. The van der Waals surface area contributed by atoms with Crippen molar-refractivity contribution in [1.82, 2.24) is 30.2 Å². The predicted molar refractivity (Wildman–Crippen MR) is 113 cm³/mol. The van der Waals surface area contributed by atoms with Crippen molar-refractivity contribution in [2.45, 2.75) is 20.0 Å². The average molecular weight is 463 g/mol. The molecule has 0 spiro atoms. The van der Waals surface area contributed by atoms with Gasteiger partial charge in [-0.05, 0) is 36.8 Å². The highest BCUT2D eigenvalue weighted by atomic mass is 127. The van der Waals surface area contributed by atoms with Gasteiger partial charge in [-0.2, -0.15) is 0 Å². The van der Waals surface area contributed by atoms with Crippen molar-refractivity contribution in [3.05, 3.63) is 72.7 Å². The highest BCUT2D eigenvalue weighted by molar-refractivity contribution is 14.0. The Hall–Kier alpha value is -2.49. The van der Waals surface area contributed by atoms with Crippen molar-refractivity contribution in [2.24, 2.45) is 4.99 Å². The van der Waals surface area contributed by atoms with Crippen molar-refractivity contribution in [3.8, 4) is 5.82 Å². The van der Waals surface area contributed by atoms with Crippen LogP contribution in [-0.4, -0.2) is 32.0 Å². The molecule has 8 heteroatoms. The molecular formula is C18H22IN7. The lowest BCUT2D eigenvalue weighted by atomic mass is 10.2. The molecule has 0 saturated heterocycles. The molecule has 0 saturated carbocycles. The predicted octanol–water partition coefficient (Wildman–Crippen LogP) is 2.54. The first-order valence-corrected chi connectivity index (χ1v) is 8.20. The van der Waals surface area contributed by atoms with E-state index in [2.05, 4.69) is 30.6 Å². The molecule has 0 aliphatic rings. The van der Waals surface area contributed by atoms with Crippen LogP contribution in [0.3, 0.4) is 0 Å². The summed E-state index contributed by atoms with van der Waals surface area (Å²) in [5.41, 5.74) is 2.05. The minimum atomic E-state index is 0. The van der Waals surface area contributed by atoms with Gasteiger partial charge in [0, 0.05) is 31.3 Å². The molecule has 26 heavy (non-hydrogen) atoms. The maximum atomic E-state index is 4.64. The van der Waals surface area contributed by atoms with E-state index in [1.165, 1.54) is 0 Å². The quantitative estimate of drug-likeness (QED) is 0.334. The Morgan fingerprint density at radius 2 is 2.04 bits per heavy atom. The van der Waals surface area contributed by atoms with Gasteiger partial charge in [0.2, 0.25) is 0 Å². The second-order valence-electron chi connectivity index (χ2n) is 5.36. The molecule has 0 fully saturated rings. The van der Waals surface area contributed by atoms with Gasteiger partial charge in [-0.25, -0.2) is 15.0 Å². The lowest BCUT2D eigenvalue weighted by Crippen LogP contribution is -2.37. The molecule has 0 amide bonds. The molecule has 0 aromatic carbocycles. The zero-order valence-electron chi connectivity index (χ0n) is 14.5. The van der Waals surface area contributed by atoms with Crippen molar-refractivity contribution < 1.29 is 0 Å². The van der Waals surface area contributed by atoms with Crippen molar-refractivity contribution in [2.75, 3.05) is 6.54 Å². The van der Waals surface area contributed by atoms with E-state index in [4.69, 9.17) is 0 Å². The lowest BCUT2D eigenvalue weighted by Gasteiger charge is -2.11. The van der Waals surface area contributed by atoms with Crippen LogP contribution in [0, 0.1) is 0 Å². The summed E-state index contributed by atoms with van der Waals surface area (Å²) in [7, 11) is 0. The number of imidazole rings is 1. The number of guanidine groups is 1. The Morgan fingerprint density at radius 3 is 2.77 bits per heavy atom. The number of aromatic nitrogens is 4. The molecule has 0 bridgehead atoms. The van der Waals surface area contributed by atoms with Gasteiger partial charge in [0.05, 0.1) is 18.8 Å². The molecule has 0 unspecified atom stereocenters. The minimum Gasteiger partial charge on any atom is -0.357 e. The van der Waals surface area contributed by atoms with E-state index in [0.29, 0.717) is 13.1 Å². The molecule has 3 aromatic heterocycles. The second kappa shape index (κ2) is 10.5. The van der Waals surface area contributed by atoms with Crippen LogP contribution in [0.1, 0.15) is 18.2 Å². The van der Waals surface area contributed by atoms with E-state index >= 15 is 0 Å². The number of nitrogens with zero attached hydrogens (tertiary/aromatic N) is 5. The SMILES string of the molecule is CCNC(=NCc1ccnc(-n2ccnc2)c1)NCc1ccccn1.I. The number of nitrogens with one attached hydrogen (secondary N) is 2. The fraction of sp³-hybridized carbons (Fsp3) is 0.222. The summed E-state index contributed by atoms with van der Waals surface area (Å²) in [6.45, 7) is 4.03. The Bertz CT molecular complexity index is 803. The van der Waals surface area contributed by atoms with Crippen LogP contribution in [-0.2, 0) is 13.1 Å². The summed E-state index contributed by atoms with van der Waals surface area (Å²) >= 11 is 0. The molecule has 2 N–H and O–H groups in total. The van der Waals surface area contributed by atoms with E-state index in [1.807, 2.05) is 48.0 Å². The van der Waals surface area contributed by atoms with Gasteiger partial charge in [0.25, 0.3) is 0 Å². The van der Waals surface area contributed by atoms with E-state index < -0.39 is 0 Å². The molecule has 0 atom stereocenters. The van der Waals surface area contributed by atoms with Crippen LogP contribution in [0.4, 0.5) is 0 Å². The first kappa shape index (κ1) is 19.8. The summed E-state index contributed by atoms with van der Waals surface area (Å²) in [6.07, 6.45) is 8.91. The average Bonchev–Trinajstić information content (AvgIpc) is 3.20. The first-order valence-electron chi connectivity index (χ1n) is 8.20. The first-order chi connectivity index (χ1) is 12.3. The van der Waals surface area contributed by atoms with Gasteiger partial charge in [0.15, 0.2) is 5.96 Å². The zero-order valence-corrected chi connectivity index (χ0v) is 16.9. The fourth-order valence-electron chi connectivity index (χ4n) is 2.28. The molecule has 7 nitrogen and oxygen atoms in total. The minimum absolute atomic E-state index is 0. The normalized spacial score (nSPS) is 10.9. The number of hydrogen-bond donors (Lipinski definition) is 2. The largest absolute Gasteiger partial charge is 0.357 e. The zero-order chi connectivity index (χ0) is 17.3. The Kier molecular flexibility index (Phi) is 8.00. The topological polar surface area (TPSA) is 80.0 Å². The standard InChI is InChI=1S/C18H21N7.HI/c1-2-20-18(24-13-16-5-3-4-7-21-16)23-12-15-6-8-22-17(11-15)25-10-9-19-14-25;/h3-11,14H,2,12-13H2,1H3,(H2,20,23,24);1H. The molecule has 0 aliphatic heterocycles. The number of pyridine rings is 2. The van der Waals surface area contributed by atoms with Crippen LogP contribution in [0.2, 0.25) is 0 Å². The van der Waals surface area contributed by atoms with Gasteiger partial charge in [0.1, 0.15) is 12.1 Å². The van der Waals surface area contributed by atoms with Crippen molar-refractivity contribution in [3.63, 3.8) is 0 Å². The number of rotatable bonds is 6. The summed E-state index contributed by atoms with van der Waals surface area (Å²) < 4.78 is 1.87. The van der Waals surface area contributed by atoms with Gasteiger partial charge in [-0.15, -0.1) is 24.0 Å². The Morgan fingerprint density at radius 1 is 1.12 bits per heavy atom. The third kappa shape index (κ3) is 5.80. The van der Waals surface area contributed by atoms with E-state index in [0.717, 1.165) is 29.6 Å². The maximum absolute atomic E-state index is 4.64. The van der Waals surface area contributed by atoms with Gasteiger partial charge < -0.3 is 10.6 Å². The molecule has 136 valence electrons. The third-order valence-electron chi connectivity index (χ3n) is 3.51. The van der Waals surface area contributed by atoms with Gasteiger partial charge in [-0.3, -0.25) is 9.55 Å². The summed E-state index contributed by atoms with van der Waals surface area (Å²) in [5, 5.41) is 6.54. The van der Waals surface area contributed by atoms with Crippen LogP contribution >= 0.6 is 24.0 Å². The monoisotopic (exact) mass is 463 g/mol. The molecule has 3 rings (SSSR count). The Labute approximate surface area is 170 Å². The van der Waals surface area contributed by atoms with Gasteiger partial charge in [-0.1, -0.05) is 6.07 Å². The van der Waals surface area contributed by atoms with Crippen LogP contribution in [0.25, 0.3) is 5.82 Å². The van der Waals surface area contributed by atoms with Gasteiger partial charge >= 0.3 is 0 Å². The Balaban J connectivity index is 0.00000243. The number of halogens is 1. The van der Waals surface area contributed by atoms with Crippen molar-refractivity contribution in [1.29, 1.82) is 0 Å². The highest BCUT2D eigenvalue weighted by Gasteiger charge is 2.01. The van der Waals surface area contributed by atoms with Crippen LogP contribution in [0.5, 0.6) is 0 Å². The van der Waals surface area contributed by atoms with E-state index in [1.54, 1.807) is 24.9 Å². The number of hydrogen-bond acceptors (Lipinski definition) is 4. The summed E-state index contributed by atoms with van der Waals surface area (Å²) in [5.74, 6) is 1.59. The second-order valence-corrected chi connectivity index (χ2v) is 5.36. The molecule has 3 aromatic rings. The number of aliphatic imine (C=N–C) groups is 1. The van der Waals surface area contributed by atoms with E-state index in [9.17, 15) is 0 Å². The maximum Gasteiger partial charge on any atom is 0.191 e. The van der Waals surface area contributed by atoms with Crippen LogP contribution in [0.15, 0.2) is 66.4 Å². The molecule has 3 heterocycles. The third-order valence-corrected chi connectivity index (χ3v) is 3.51. The summed E-state index contributed by atoms with van der Waals surface area (Å²) in [6, 6.07) is 9.84. The van der Waals surface area contributed by atoms with Crippen LogP contribution < -0.4 is 10.6 Å². The molecule has 0 aliphatic carbocycles. The lowest BCUT2D eigenvalue weighted by molar-refractivity contribution is 0.799. The highest BCUT2D eigenvalue weighted by Crippen LogP contribution is 2.08.